The number of aromatic hydroxyl groups is 1. The summed E-state index contributed by atoms with van der Waals surface area (Å²) in [4.78, 5) is 25.3. The maximum absolute atomic E-state index is 13.3. The zero-order chi connectivity index (χ0) is 26.1. The van der Waals surface area contributed by atoms with Crippen LogP contribution in [0.5, 0.6) is 23.0 Å². The molecule has 2 aromatic carbocycles. The van der Waals surface area contributed by atoms with Crippen LogP contribution in [0.15, 0.2) is 36.4 Å². The number of carbonyl (C=O) groups excluding carboxylic acids is 2. The summed E-state index contributed by atoms with van der Waals surface area (Å²) in [6.07, 6.45) is 5.61. The van der Waals surface area contributed by atoms with Gasteiger partial charge in [0.15, 0.2) is 23.0 Å². The van der Waals surface area contributed by atoms with E-state index in [2.05, 4.69) is 0 Å². The minimum atomic E-state index is -0.787. The number of hydrogen-bond donors (Lipinski definition) is 1. The van der Waals surface area contributed by atoms with Gasteiger partial charge in [-0.05, 0) is 54.3 Å². The first-order valence-electron chi connectivity index (χ1n) is 12.2. The van der Waals surface area contributed by atoms with Crippen LogP contribution in [-0.4, -0.2) is 44.5 Å². The number of carbonyl (C=O) groups is 2. The van der Waals surface area contributed by atoms with Crippen molar-refractivity contribution in [1.82, 2.24) is 0 Å². The number of hydrogen-bond acceptors (Lipinski definition) is 8. The van der Waals surface area contributed by atoms with Crippen LogP contribution in [0.1, 0.15) is 68.2 Å². The van der Waals surface area contributed by atoms with Crippen LogP contribution in [-0.2, 0) is 19.1 Å². The highest BCUT2D eigenvalue weighted by molar-refractivity contribution is 5.88. The van der Waals surface area contributed by atoms with E-state index >= 15 is 0 Å². The summed E-state index contributed by atoms with van der Waals surface area (Å²) >= 11 is 0. The lowest BCUT2D eigenvalue weighted by atomic mass is 9.90. The third-order valence-corrected chi connectivity index (χ3v) is 5.89. The van der Waals surface area contributed by atoms with Gasteiger partial charge in [-0.25, -0.2) is 4.79 Å². The number of ether oxygens (including phenoxy) is 5. The first kappa shape index (κ1) is 26.9. The zero-order valence-corrected chi connectivity index (χ0v) is 21.2. The normalized spacial score (nSPS) is 16.3. The number of fused-ring (bicyclic) bond motifs is 1. The van der Waals surface area contributed by atoms with E-state index in [4.69, 9.17) is 23.7 Å². The van der Waals surface area contributed by atoms with E-state index < -0.39 is 24.0 Å². The first-order chi connectivity index (χ1) is 17.4. The fourth-order valence-electron chi connectivity index (χ4n) is 3.93. The Hall–Kier alpha value is -3.68. The molecular weight excluding hydrogens is 464 g/mol. The molecule has 1 heterocycles. The smallest absolute Gasteiger partial charge is 0.330 e. The molecule has 0 saturated heterocycles. The molecule has 8 nitrogen and oxygen atoms in total. The van der Waals surface area contributed by atoms with Gasteiger partial charge in [-0.15, -0.1) is 0 Å². The number of phenolic OH excluding ortho intramolecular Hbond substituents is 1. The molecular formula is C28H34O8. The molecule has 0 radical (unpaired) electrons. The molecule has 36 heavy (non-hydrogen) atoms. The second-order valence-corrected chi connectivity index (χ2v) is 8.46. The van der Waals surface area contributed by atoms with Crippen LogP contribution < -0.4 is 14.2 Å². The molecule has 2 unspecified atom stereocenters. The van der Waals surface area contributed by atoms with Crippen molar-refractivity contribution >= 4 is 18.0 Å². The second kappa shape index (κ2) is 12.9. The Morgan fingerprint density at radius 2 is 1.67 bits per heavy atom. The third kappa shape index (κ3) is 6.30. The van der Waals surface area contributed by atoms with Crippen molar-refractivity contribution in [3.63, 3.8) is 0 Å². The van der Waals surface area contributed by atoms with E-state index in [-0.39, 0.29) is 11.5 Å². The quantitative estimate of drug-likeness (QED) is 0.238. The fourth-order valence-corrected chi connectivity index (χ4v) is 3.93. The number of esters is 2. The Morgan fingerprint density at radius 3 is 2.33 bits per heavy atom. The molecule has 0 amide bonds. The van der Waals surface area contributed by atoms with Gasteiger partial charge in [0.2, 0.25) is 0 Å². The molecule has 8 heteroatoms. The third-order valence-electron chi connectivity index (χ3n) is 5.89. The Kier molecular flexibility index (Phi) is 9.61. The number of unbranched alkanes of at least 4 members (excludes halogenated alkanes) is 2. The maximum Gasteiger partial charge on any atom is 0.330 e. The summed E-state index contributed by atoms with van der Waals surface area (Å²) in [6.45, 7) is 4.70. The van der Waals surface area contributed by atoms with Gasteiger partial charge in [-0.3, -0.25) is 4.79 Å². The molecule has 2 atom stereocenters. The molecule has 2 aromatic rings. The van der Waals surface area contributed by atoms with Gasteiger partial charge < -0.3 is 28.8 Å². The molecule has 0 spiro atoms. The molecule has 0 aliphatic carbocycles. The van der Waals surface area contributed by atoms with Crippen LogP contribution in [0.25, 0.3) is 6.08 Å². The summed E-state index contributed by atoms with van der Waals surface area (Å²) in [5.74, 6) is -0.562. The second-order valence-electron chi connectivity index (χ2n) is 8.46. The number of phenols is 1. The van der Waals surface area contributed by atoms with Crippen molar-refractivity contribution in [2.45, 2.75) is 51.6 Å². The van der Waals surface area contributed by atoms with Gasteiger partial charge in [0, 0.05) is 11.6 Å². The van der Waals surface area contributed by atoms with Crippen molar-refractivity contribution in [2.24, 2.45) is 0 Å². The van der Waals surface area contributed by atoms with Crippen molar-refractivity contribution < 1.29 is 38.4 Å². The Bertz CT molecular complexity index is 1090. The summed E-state index contributed by atoms with van der Waals surface area (Å²) in [5, 5.41) is 10.0. The molecule has 194 valence electrons. The summed E-state index contributed by atoms with van der Waals surface area (Å²) in [7, 11) is 2.96. The van der Waals surface area contributed by atoms with Gasteiger partial charge in [0.05, 0.1) is 27.4 Å². The highest BCUT2D eigenvalue weighted by Crippen LogP contribution is 2.52. The zero-order valence-electron chi connectivity index (χ0n) is 21.2. The molecule has 0 fully saturated rings. The first-order valence-corrected chi connectivity index (χ1v) is 12.2. The fraction of sp³-hybridized carbons (Fsp3) is 0.429. The van der Waals surface area contributed by atoms with Gasteiger partial charge in [-0.2, -0.15) is 0 Å². The lowest BCUT2D eigenvalue weighted by Gasteiger charge is -2.19. The highest BCUT2D eigenvalue weighted by Gasteiger charge is 2.43. The Labute approximate surface area is 211 Å². The van der Waals surface area contributed by atoms with Crippen molar-refractivity contribution in [3.8, 4) is 23.0 Å². The average Bonchev–Trinajstić information content (AvgIpc) is 3.27. The minimum absolute atomic E-state index is 0.0188. The lowest BCUT2D eigenvalue weighted by molar-refractivity contribution is -0.147. The van der Waals surface area contributed by atoms with E-state index in [0.29, 0.717) is 41.4 Å². The van der Waals surface area contributed by atoms with Crippen LogP contribution in [0, 0.1) is 0 Å². The molecule has 1 N–H and O–H groups in total. The SMILES string of the molecule is CCCCOC(=O)/C=C/c1cc(OC)c2c(c1)C(C(=O)OCCCC)C(c1ccc(O)c(OC)c1)O2. The van der Waals surface area contributed by atoms with Crippen molar-refractivity contribution in [2.75, 3.05) is 27.4 Å². The lowest BCUT2D eigenvalue weighted by Crippen LogP contribution is -2.21. The summed E-state index contributed by atoms with van der Waals surface area (Å²) < 4.78 is 27.9. The summed E-state index contributed by atoms with van der Waals surface area (Å²) in [5.41, 5.74) is 1.88. The standard InChI is InChI=1S/C28H34O8/c1-5-7-13-34-24(30)12-9-18-15-20-25(28(31)35-14-8-6-2)26(36-27(20)23(16-18)33-4)19-10-11-21(29)22(17-19)32-3/h9-12,15-17,25-26,29H,5-8,13-14H2,1-4H3/b12-9+. The maximum atomic E-state index is 13.3. The average molecular weight is 499 g/mol. The van der Waals surface area contributed by atoms with E-state index in [1.54, 1.807) is 30.3 Å². The molecule has 0 aromatic heterocycles. The molecule has 3 rings (SSSR count). The van der Waals surface area contributed by atoms with Crippen LogP contribution >= 0.6 is 0 Å². The van der Waals surface area contributed by atoms with E-state index in [9.17, 15) is 14.7 Å². The number of rotatable bonds is 12. The molecule has 0 bridgehead atoms. The monoisotopic (exact) mass is 498 g/mol. The largest absolute Gasteiger partial charge is 0.504 e. The minimum Gasteiger partial charge on any atom is -0.504 e. The predicted octanol–water partition coefficient (Wildman–Crippen LogP) is 5.33. The van der Waals surface area contributed by atoms with Crippen LogP contribution in [0.4, 0.5) is 0 Å². The molecule has 1 aliphatic rings. The van der Waals surface area contributed by atoms with Gasteiger partial charge in [0.1, 0.15) is 12.0 Å². The van der Waals surface area contributed by atoms with Crippen molar-refractivity contribution in [1.29, 1.82) is 0 Å². The van der Waals surface area contributed by atoms with Crippen molar-refractivity contribution in [3.05, 3.63) is 53.1 Å². The van der Waals surface area contributed by atoms with Gasteiger partial charge in [-0.1, -0.05) is 32.8 Å². The van der Waals surface area contributed by atoms with E-state index in [0.717, 1.165) is 25.7 Å². The predicted molar refractivity (Wildman–Crippen MR) is 135 cm³/mol. The topological polar surface area (TPSA) is 101 Å². The van der Waals surface area contributed by atoms with E-state index in [1.165, 1.54) is 26.4 Å². The Balaban J connectivity index is 1.99. The van der Waals surface area contributed by atoms with Gasteiger partial charge in [0.25, 0.3) is 0 Å². The Morgan fingerprint density at radius 1 is 0.972 bits per heavy atom. The molecule has 1 aliphatic heterocycles. The highest BCUT2D eigenvalue weighted by atomic mass is 16.6. The number of methoxy groups -OCH3 is 2. The van der Waals surface area contributed by atoms with Gasteiger partial charge >= 0.3 is 11.9 Å². The van der Waals surface area contributed by atoms with E-state index in [1.807, 2.05) is 13.8 Å². The molecule has 0 saturated carbocycles. The number of benzene rings is 2. The van der Waals surface area contributed by atoms with Crippen LogP contribution in [0.2, 0.25) is 0 Å². The van der Waals surface area contributed by atoms with Crippen LogP contribution in [0.3, 0.4) is 0 Å². The summed E-state index contributed by atoms with van der Waals surface area (Å²) in [6, 6.07) is 8.33.